The number of nitrogens with zero attached hydrogens (tertiary/aromatic N) is 1. The zero-order valence-corrected chi connectivity index (χ0v) is 13.4. The lowest BCUT2D eigenvalue weighted by Gasteiger charge is -2.14. The lowest BCUT2D eigenvalue weighted by atomic mass is 10.0. The van der Waals surface area contributed by atoms with Crippen LogP contribution in [0.1, 0.15) is 57.4 Å². The Morgan fingerprint density at radius 3 is 1.91 bits per heavy atom. The Bertz CT molecular complexity index is 513. The normalized spacial score (nSPS) is 14.1. The third-order valence-electron chi connectivity index (χ3n) is 4.07. The van der Waals surface area contributed by atoms with Gasteiger partial charge < -0.3 is 0 Å². The van der Waals surface area contributed by atoms with Crippen molar-refractivity contribution in [2.75, 3.05) is 4.90 Å². The first-order valence-corrected chi connectivity index (χ1v) is 8.37. The maximum atomic E-state index is 11.6. The molecule has 0 bridgehead atoms. The van der Waals surface area contributed by atoms with Crippen LogP contribution in [-0.2, 0) is 16.0 Å². The van der Waals surface area contributed by atoms with Gasteiger partial charge in [0.05, 0.1) is 5.69 Å². The molecule has 3 nitrogen and oxygen atoms in total. The molecule has 0 radical (unpaired) electrons. The minimum atomic E-state index is -0.259. The maximum absolute atomic E-state index is 11.6. The minimum absolute atomic E-state index is 0.259. The molecule has 118 valence electrons. The van der Waals surface area contributed by atoms with Crippen LogP contribution in [0, 0.1) is 0 Å². The second-order valence-corrected chi connectivity index (χ2v) is 5.88. The molecule has 0 fully saturated rings. The van der Waals surface area contributed by atoms with Crippen LogP contribution in [0.15, 0.2) is 36.4 Å². The van der Waals surface area contributed by atoms with E-state index in [4.69, 9.17) is 0 Å². The summed E-state index contributed by atoms with van der Waals surface area (Å²) in [5, 5.41) is 0. The van der Waals surface area contributed by atoms with Crippen LogP contribution < -0.4 is 4.90 Å². The summed E-state index contributed by atoms with van der Waals surface area (Å²) < 4.78 is 0. The van der Waals surface area contributed by atoms with Crippen LogP contribution in [-0.4, -0.2) is 11.8 Å². The number of benzene rings is 1. The summed E-state index contributed by atoms with van der Waals surface area (Å²) in [5.41, 5.74) is 1.92. The van der Waals surface area contributed by atoms with Crippen molar-refractivity contribution in [3.8, 4) is 0 Å². The van der Waals surface area contributed by atoms with E-state index in [2.05, 4.69) is 6.92 Å². The van der Waals surface area contributed by atoms with Gasteiger partial charge in [0.15, 0.2) is 0 Å². The van der Waals surface area contributed by atoms with Gasteiger partial charge in [0.1, 0.15) is 0 Å². The van der Waals surface area contributed by atoms with E-state index in [1.165, 1.54) is 67.6 Å². The predicted octanol–water partition coefficient (Wildman–Crippen LogP) is 4.41. The highest BCUT2D eigenvalue weighted by molar-refractivity contribution is 6.28. The average Bonchev–Trinajstić information content (AvgIpc) is 2.86. The number of rotatable bonds is 9. The number of carbonyl (C=O) groups excluding carboxylic acids is 2. The van der Waals surface area contributed by atoms with Crippen molar-refractivity contribution in [1.82, 2.24) is 0 Å². The van der Waals surface area contributed by atoms with E-state index in [0.717, 1.165) is 6.42 Å². The molecule has 1 aliphatic heterocycles. The van der Waals surface area contributed by atoms with Gasteiger partial charge in [-0.15, -0.1) is 0 Å². The summed E-state index contributed by atoms with van der Waals surface area (Å²) in [6, 6.07) is 7.76. The molecule has 0 aliphatic carbocycles. The number of hydrogen-bond donors (Lipinski definition) is 0. The number of hydrogen-bond acceptors (Lipinski definition) is 2. The van der Waals surface area contributed by atoms with E-state index in [-0.39, 0.29) is 11.8 Å². The van der Waals surface area contributed by atoms with Gasteiger partial charge in [0, 0.05) is 12.2 Å². The Hall–Kier alpha value is -1.90. The minimum Gasteiger partial charge on any atom is -0.269 e. The zero-order valence-electron chi connectivity index (χ0n) is 13.4. The van der Waals surface area contributed by atoms with Crippen LogP contribution in [0.3, 0.4) is 0 Å². The Balaban J connectivity index is 1.73. The number of anilines is 1. The molecule has 0 saturated carbocycles. The zero-order chi connectivity index (χ0) is 15.8. The molecule has 1 aromatic rings. The molecule has 0 atom stereocenters. The van der Waals surface area contributed by atoms with E-state index < -0.39 is 0 Å². The summed E-state index contributed by atoms with van der Waals surface area (Å²) in [6.45, 7) is 2.24. The highest BCUT2D eigenvalue weighted by Crippen LogP contribution is 2.20. The SMILES string of the molecule is CCCCCCCCCc1ccc(N2C(=O)C=CC2=O)cc1. The molecule has 0 N–H and O–H groups in total. The number of imide groups is 1. The molecule has 0 spiro atoms. The van der Waals surface area contributed by atoms with Gasteiger partial charge in [0.2, 0.25) is 0 Å². The number of carbonyl (C=O) groups is 2. The second kappa shape index (κ2) is 8.52. The molecule has 2 rings (SSSR count). The van der Waals surface area contributed by atoms with Crippen LogP contribution in [0.4, 0.5) is 5.69 Å². The molecule has 3 heteroatoms. The van der Waals surface area contributed by atoms with Crippen molar-refractivity contribution in [2.45, 2.75) is 58.3 Å². The largest absolute Gasteiger partial charge is 0.269 e. The quantitative estimate of drug-likeness (QED) is 0.500. The molecule has 0 unspecified atom stereocenters. The highest BCUT2D eigenvalue weighted by atomic mass is 16.2. The van der Waals surface area contributed by atoms with Crippen molar-refractivity contribution in [1.29, 1.82) is 0 Å². The predicted molar refractivity (Wildman–Crippen MR) is 89.8 cm³/mol. The third-order valence-corrected chi connectivity index (χ3v) is 4.07. The fourth-order valence-corrected chi connectivity index (χ4v) is 2.75. The summed E-state index contributed by atoms with van der Waals surface area (Å²) in [7, 11) is 0. The summed E-state index contributed by atoms with van der Waals surface area (Å²) in [4.78, 5) is 24.4. The van der Waals surface area contributed by atoms with Crippen molar-refractivity contribution < 1.29 is 9.59 Å². The molecule has 22 heavy (non-hydrogen) atoms. The highest BCUT2D eigenvalue weighted by Gasteiger charge is 2.24. The molecule has 2 amide bonds. The van der Waals surface area contributed by atoms with Gasteiger partial charge >= 0.3 is 0 Å². The third kappa shape index (κ3) is 4.55. The van der Waals surface area contributed by atoms with E-state index in [9.17, 15) is 9.59 Å². The van der Waals surface area contributed by atoms with Crippen molar-refractivity contribution in [3.05, 3.63) is 42.0 Å². The lowest BCUT2D eigenvalue weighted by Crippen LogP contribution is -2.29. The number of aryl methyl sites for hydroxylation is 1. The topological polar surface area (TPSA) is 37.4 Å². The number of amides is 2. The van der Waals surface area contributed by atoms with E-state index in [1.54, 1.807) is 0 Å². The van der Waals surface area contributed by atoms with Crippen LogP contribution in [0.5, 0.6) is 0 Å². The average molecular weight is 299 g/mol. The van der Waals surface area contributed by atoms with E-state index in [1.807, 2.05) is 24.3 Å². The van der Waals surface area contributed by atoms with Crippen molar-refractivity contribution in [2.24, 2.45) is 0 Å². The Morgan fingerprint density at radius 2 is 1.32 bits per heavy atom. The fraction of sp³-hybridized carbons (Fsp3) is 0.474. The first kappa shape index (κ1) is 16.5. The lowest BCUT2D eigenvalue weighted by molar-refractivity contribution is -0.119. The maximum Gasteiger partial charge on any atom is 0.258 e. The fourth-order valence-electron chi connectivity index (χ4n) is 2.75. The molecule has 1 aromatic carbocycles. The molecular formula is C19H25NO2. The number of unbranched alkanes of at least 4 members (excludes halogenated alkanes) is 6. The van der Waals surface area contributed by atoms with Crippen LogP contribution in [0.25, 0.3) is 0 Å². The Kier molecular flexibility index (Phi) is 6.38. The Morgan fingerprint density at radius 1 is 0.773 bits per heavy atom. The summed E-state index contributed by atoms with van der Waals surface area (Å²) in [5.74, 6) is -0.519. The van der Waals surface area contributed by atoms with Gasteiger partial charge in [-0.3, -0.25) is 9.59 Å². The van der Waals surface area contributed by atoms with Gasteiger partial charge in [0.25, 0.3) is 11.8 Å². The van der Waals surface area contributed by atoms with E-state index in [0.29, 0.717) is 5.69 Å². The molecule has 0 saturated heterocycles. The summed E-state index contributed by atoms with van der Waals surface area (Å²) in [6.07, 6.45) is 12.8. The van der Waals surface area contributed by atoms with Gasteiger partial charge in [-0.05, 0) is 30.5 Å². The van der Waals surface area contributed by atoms with Crippen LogP contribution >= 0.6 is 0 Å². The molecule has 0 aromatic heterocycles. The standard InChI is InChI=1S/C19H25NO2/c1-2-3-4-5-6-7-8-9-16-10-12-17(13-11-16)20-18(21)14-15-19(20)22/h10-15H,2-9H2,1H3. The monoisotopic (exact) mass is 299 g/mol. The second-order valence-electron chi connectivity index (χ2n) is 5.88. The van der Waals surface area contributed by atoms with Crippen molar-refractivity contribution in [3.63, 3.8) is 0 Å². The molecule has 1 aliphatic rings. The summed E-state index contributed by atoms with van der Waals surface area (Å²) >= 11 is 0. The van der Waals surface area contributed by atoms with Gasteiger partial charge in [-0.2, -0.15) is 0 Å². The van der Waals surface area contributed by atoms with Gasteiger partial charge in [-0.1, -0.05) is 57.6 Å². The van der Waals surface area contributed by atoms with Gasteiger partial charge in [-0.25, -0.2) is 4.90 Å². The van der Waals surface area contributed by atoms with E-state index >= 15 is 0 Å². The van der Waals surface area contributed by atoms with Crippen LogP contribution in [0.2, 0.25) is 0 Å². The Labute approximate surface area is 133 Å². The smallest absolute Gasteiger partial charge is 0.258 e. The molecular weight excluding hydrogens is 274 g/mol. The molecule has 1 heterocycles. The first-order valence-electron chi connectivity index (χ1n) is 8.37. The van der Waals surface area contributed by atoms with Crippen molar-refractivity contribution >= 4 is 17.5 Å². The first-order chi connectivity index (χ1) is 10.7.